The Morgan fingerprint density at radius 1 is 1.15 bits per heavy atom. The largest absolute Gasteiger partial charge is 0.319 e. The molecule has 0 unspecified atom stereocenters. The predicted molar refractivity (Wildman–Crippen MR) is 76.8 cm³/mol. The monoisotopic (exact) mass is 265 g/mol. The molecule has 1 aromatic carbocycles. The second-order valence-corrected chi connectivity index (χ2v) is 5.53. The molecule has 0 atom stereocenters. The standard InChI is InChI=1S/C15H15N5/c1-20-9-11-6-10(2-3-13(11)19-20)12-7-17-14(18-8-12)15(16)4-5-15/h2-3,6-9H,4-5,16H2,1H3. The molecule has 4 rings (SSSR count). The number of aromatic nitrogens is 4. The van der Waals surface area contributed by atoms with Crippen molar-refractivity contribution in [1.29, 1.82) is 0 Å². The molecule has 0 radical (unpaired) electrons. The zero-order valence-corrected chi connectivity index (χ0v) is 11.2. The average molecular weight is 265 g/mol. The molecule has 0 amide bonds. The summed E-state index contributed by atoms with van der Waals surface area (Å²) in [6, 6.07) is 6.17. The third kappa shape index (κ3) is 1.78. The molecule has 0 bridgehead atoms. The van der Waals surface area contributed by atoms with Crippen molar-refractivity contribution in [2.75, 3.05) is 0 Å². The summed E-state index contributed by atoms with van der Waals surface area (Å²) in [4.78, 5) is 8.83. The molecule has 3 aromatic rings. The van der Waals surface area contributed by atoms with Crippen molar-refractivity contribution in [1.82, 2.24) is 19.7 Å². The van der Waals surface area contributed by atoms with Crippen LogP contribution in [0.5, 0.6) is 0 Å². The van der Waals surface area contributed by atoms with E-state index in [1.807, 2.05) is 42.5 Å². The molecule has 2 heterocycles. The molecular weight excluding hydrogens is 250 g/mol. The molecule has 2 aromatic heterocycles. The van der Waals surface area contributed by atoms with Crippen LogP contribution in [0.15, 0.2) is 36.8 Å². The van der Waals surface area contributed by atoms with Gasteiger partial charge in [0.15, 0.2) is 0 Å². The van der Waals surface area contributed by atoms with E-state index >= 15 is 0 Å². The maximum atomic E-state index is 6.10. The molecule has 100 valence electrons. The van der Waals surface area contributed by atoms with Gasteiger partial charge < -0.3 is 5.73 Å². The Bertz CT molecular complexity index is 784. The number of nitrogens with two attached hydrogens (primary N) is 1. The van der Waals surface area contributed by atoms with Gasteiger partial charge in [0.05, 0.1) is 11.1 Å². The van der Waals surface area contributed by atoms with Crippen LogP contribution >= 0.6 is 0 Å². The molecule has 0 spiro atoms. The van der Waals surface area contributed by atoms with Crippen molar-refractivity contribution in [3.63, 3.8) is 0 Å². The van der Waals surface area contributed by atoms with Crippen molar-refractivity contribution in [2.24, 2.45) is 12.8 Å². The topological polar surface area (TPSA) is 69.6 Å². The van der Waals surface area contributed by atoms with E-state index in [9.17, 15) is 0 Å². The maximum absolute atomic E-state index is 6.10. The Morgan fingerprint density at radius 2 is 1.90 bits per heavy atom. The lowest BCUT2D eigenvalue weighted by molar-refractivity contribution is 0.672. The third-order valence-corrected chi connectivity index (χ3v) is 3.84. The number of rotatable bonds is 2. The van der Waals surface area contributed by atoms with Gasteiger partial charge >= 0.3 is 0 Å². The summed E-state index contributed by atoms with van der Waals surface area (Å²) in [5.74, 6) is 0.753. The van der Waals surface area contributed by atoms with Crippen LogP contribution in [0.4, 0.5) is 0 Å². The van der Waals surface area contributed by atoms with E-state index in [1.54, 1.807) is 0 Å². The molecule has 1 fully saturated rings. The number of nitrogens with zero attached hydrogens (tertiary/aromatic N) is 4. The van der Waals surface area contributed by atoms with Crippen molar-refractivity contribution in [2.45, 2.75) is 18.4 Å². The Hall–Kier alpha value is -2.27. The molecule has 0 aliphatic heterocycles. The Kier molecular flexibility index (Phi) is 2.23. The number of hydrogen-bond donors (Lipinski definition) is 1. The van der Waals surface area contributed by atoms with Crippen molar-refractivity contribution in [3.05, 3.63) is 42.6 Å². The van der Waals surface area contributed by atoms with Gasteiger partial charge in [-0.1, -0.05) is 6.07 Å². The van der Waals surface area contributed by atoms with Gasteiger partial charge in [-0.3, -0.25) is 4.68 Å². The fourth-order valence-corrected chi connectivity index (χ4v) is 2.42. The summed E-state index contributed by atoms with van der Waals surface area (Å²) in [5.41, 5.74) is 8.92. The van der Waals surface area contributed by atoms with E-state index in [2.05, 4.69) is 21.1 Å². The summed E-state index contributed by atoms with van der Waals surface area (Å²) in [5, 5.41) is 5.49. The highest BCUT2D eigenvalue weighted by molar-refractivity contribution is 5.83. The van der Waals surface area contributed by atoms with Crippen LogP contribution in [0.25, 0.3) is 22.0 Å². The molecule has 20 heavy (non-hydrogen) atoms. The van der Waals surface area contributed by atoms with Gasteiger partial charge in [-0.05, 0) is 30.5 Å². The predicted octanol–water partition coefficient (Wildman–Crippen LogP) is 1.98. The lowest BCUT2D eigenvalue weighted by Gasteiger charge is -2.07. The van der Waals surface area contributed by atoms with E-state index in [-0.39, 0.29) is 5.54 Å². The number of fused-ring (bicyclic) bond motifs is 1. The highest BCUT2D eigenvalue weighted by atomic mass is 15.2. The van der Waals surface area contributed by atoms with Gasteiger partial charge in [0.2, 0.25) is 0 Å². The maximum Gasteiger partial charge on any atom is 0.148 e. The first-order valence-electron chi connectivity index (χ1n) is 6.69. The van der Waals surface area contributed by atoms with Crippen LogP contribution in [0.3, 0.4) is 0 Å². The van der Waals surface area contributed by atoms with Gasteiger partial charge in [-0.2, -0.15) is 5.10 Å². The van der Waals surface area contributed by atoms with Gasteiger partial charge in [-0.25, -0.2) is 9.97 Å². The van der Waals surface area contributed by atoms with Crippen LogP contribution < -0.4 is 5.73 Å². The fourth-order valence-electron chi connectivity index (χ4n) is 2.42. The summed E-state index contributed by atoms with van der Waals surface area (Å²) < 4.78 is 1.82. The van der Waals surface area contributed by atoms with Gasteiger partial charge in [-0.15, -0.1) is 0 Å². The van der Waals surface area contributed by atoms with Gasteiger partial charge in [0.1, 0.15) is 5.82 Å². The van der Waals surface area contributed by atoms with Crippen molar-refractivity contribution >= 4 is 10.9 Å². The first kappa shape index (κ1) is 11.5. The van der Waals surface area contributed by atoms with E-state index in [1.165, 1.54) is 0 Å². The van der Waals surface area contributed by atoms with E-state index in [0.29, 0.717) is 0 Å². The SMILES string of the molecule is Cn1cc2cc(-c3cnc(C4(N)CC4)nc3)ccc2n1. The Labute approximate surface area is 116 Å². The minimum Gasteiger partial charge on any atom is -0.319 e. The smallest absolute Gasteiger partial charge is 0.148 e. The average Bonchev–Trinajstić information content (AvgIpc) is 3.09. The van der Waals surface area contributed by atoms with Crippen LogP contribution in [0.2, 0.25) is 0 Å². The second-order valence-electron chi connectivity index (χ2n) is 5.53. The van der Waals surface area contributed by atoms with Crippen LogP contribution in [0.1, 0.15) is 18.7 Å². The molecule has 1 saturated carbocycles. The first-order chi connectivity index (χ1) is 9.64. The fraction of sp³-hybridized carbons (Fsp3) is 0.267. The molecule has 5 heteroatoms. The van der Waals surface area contributed by atoms with Crippen LogP contribution in [0, 0.1) is 0 Å². The van der Waals surface area contributed by atoms with Crippen LogP contribution in [-0.2, 0) is 12.6 Å². The van der Waals surface area contributed by atoms with E-state index in [0.717, 1.165) is 40.7 Å². The molecule has 2 N–H and O–H groups in total. The number of aryl methyl sites for hydroxylation is 1. The molecule has 5 nitrogen and oxygen atoms in total. The summed E-state index contributed by atoms with van der Waals surface area (Å²) in [6.45, 7) is 0. The summed E-state index contributed by atoms with van der Waals surface area (Å²) >= 11 is 0. The molecule has 0 saturated heterocycles. The zero-order valence-electron chi connectivity index (χ0n) is 11.2. The highest BCUT2D eigenvalue weighted by Crippen LogP contribution is 2.40. The van der Waals surface area contributed by atoms with E-state index in [4.69, 9.17) is 5.73 Å². The summed E-state index contributed by atoms with van der Waals surface area (Å²) in [7, 11) is 1.92. The minimum absolute atomic E-state index is 0.272. The lowest BCUT2D eigenvalue weighted by atomic mass is 10.1. The Balaban J connectivity index is 1.74. The van der Waals surface area contributed by atoms with Gasteiger partial charge in [0, 0.05) is 36.6 Å². The third-order valence-electron chi connectivity index (χ3n) is 3.84. The molecule has 1 aliphatic rings. The Morgan fingerprint density at radius 3 is 2.60 bits per heavy atom. The number of hydrogen-bond acceptors (Lipinski definition) is 4. The molecular formula is C15H15N5. The van der Waals surface area contributed by atoms with Crippen LogP contribution in [-0.4, -0.2) is 19.7 Å². The van der Waals surface area contributed by atoms with Gasteiger partial charge in [0.25, 0.3) is 0 Å². The van der Waals surface area contributed by atoms with Crippen molar-refractivity contribution < 1.29 is 0 Å². The minimum atomic E-state index is -0.272. The van der Waals surface area contributed by atoms with Crippen molar-refractivity contribution in [3.8, 4) is 11.1 Å². The second kappa shape index (κ2) is 3.86. The number of benzene rings is 1. The zero-order chi connectivity index (χ0) is 13.7. The van der Waals surface area contributed by atoms with E-state index < -0.39 is 0 Å². The lowest BCUT2D eigenvalue weighted by Crippen LogP contribution is -2.21. The highest BCUT2D eigenvalue weighted by Gasteiger charge is 2.42. The normalized spacial score (nSPS) is 16.5. The summed E-state index contributed by atoms with van der Waals surface area (Å²) in [6.07, 6.45) is 7.68. The quantitative estimate of drug-likeness (QED) is 0.769. The molecule has 1 aliphatic carbocycles. The first-order valence-corrected chi connectivity index (χ1v) is 6.69.